The molecule has 1 aromatic carbocycles. The van der Waals surface area contributed by atoms with Gasteiger partial charge in [0, 0.05) is 12.5 Å². The molecule has 3 nitrogen and oxygen atoms in total. The van der Waals surface area contributed by atoms with E-state index in [1.54, 1.807) is 0 Å². The molecule has 0 bridgehead atoms. The van der Waals surface area contributed by atoms with Crippen molar-refractivity contribution in [3.05, 3.63) is 34.4 Å². The minimum atomic E-state index is -0.748. The number of benzene rings is 1. The molecule has 1 aromatic rings. The third kappa shape index (κ3) is 4.85. The van der Waals surface area contributed by atoms with E-state index in [1.807, 2.05) is 6.92 Å². The van der Waals surface area contributed by atoms with Crippen LogP contribution in [0.15, 0.2) is 12.1 Å². The number of carboxylic acid groups (broad SMARTS) is 1. The van der Waals surface area contributed by atoms with E-state index >= 15 is 0 Å². The van der Waals surface area contributed by atoms with Gasteiger partial charge in [-0.25, -0.2) is 0 Å². The lowest BCUT2D eigenvalue weighted by atomic mass is 9.85. The number of aliphatic carboxylic acids is 1. The number of carboxylic acids is 1. The zero-order chi connectivity index (χ0) is 16.0. The predicted molar refractivity (Wildman–Crippen MR) is 87.5 cm³/mol. The topological polar surface area (TPSA) is 63.3 Å². The zero-order valence-electron chi connectivity index (χ0n) is 13.8. The minimum absolute atomic E-state index is 0.0739. The van der Waals surface area contributed by atoms with Crippen LogP contribution >= 0.6 is 0 Å². The van der Waals surface area contributed by atoms with E-state index in [1.165, 1.54) is 22.3 Å². The lowest BCUT2D eigenvalue weighted by Gasteiger charge is -2.23. The molecular weight excluding hydrogens is 262 g/mol. The molecule has 0 aliphatic carbocycles. The van der Waals surface area contributed by atoms with Crippen LogP contribution in [0.5, 0.6) is 0 Å². The van der Waals surface area contributed by atoms with E-state index in [0.717, 1.165) is 25.7 Å². The summed E-state index contributed by atoms with van der Waals surface area (Å²) in [5, 5.41) is 8.90. The van der Waals surface area contributed by atoms with Gasteiger partial charge in [-0.1, -0.05) is 39.8 Å². The van der Waals surface area contributed by atoms with Crippen LogP contribution in [0.1, 0.15) is 68.8 Å². The van der Waals surface area contributed by atoms with Gasteiger partial charge in [-0.05, 0) is 53.9 Å². The van der Waals surface area contributed by atoms with Crippen molar-refractivity contribution < 1.29 is 9.90 Å². The Bertz CT molecular complexity index is 457. The standard InChI is InChI=1S/C18H29NO2/c1-5-13-10-14(6-2)18(15(7-3)11-13)16(19)8-12(4)9-17(20)21/h10-12,16H,5-9,19H2,1-4H3,(H,20,21). The summed E-state index contributed by atoms with van der Waals surface area (Å²) in [5.74, 6) is -0.653. The molecule has 0 aromatic heterocycles. The maximum absolute atomic E-state index is 10.8. The monoisotopic (exact) mass is 291 g/mol. The summed E-state index contributed by atoms with van der Waals surface area (Å²) in [7, 11) is 0. The highest BCUT2D eigenvalue weighted by molar-refractivity contribution is 5.66. The van der Waals surface area contributed by atoms with Crippen molar-refractivity contribution >= 4 is 5.97 Å². The summed E-state index contributed by atoms with van der Waals surface area (Å²) in [6.07, 6.45) is 3.88. The molecule has 0 saturated heterocycles. The van der Waals surface area contributed by atoms with Crippen molar-refractivity contribution in [2.24, 2.45) is 11.7 Å². The predicted octanol–water partition coefficient (Wildman–Crippen LogP) is 3.87. The number of hydrogen-bond acceptors (Lipinski definition) is 2. The largest absolute Gasteiger partial charge is 0.481 e. The number of hydrogen-bond donors (Lipinski definition) is 2. The van der Waals surface area contributed by atoms with E-state index in [0.29, 0.717) is 0 Å². The normalized spacial score (nSPS) is 14.0. The first-order valence-corrected chi connectivity index (χ1v) is 8.04. The molecule has 0 aliphatic heterocycles. The van der Waals surface area contributed by atoms with Crippen LogP contribution in [-0.2, 0) is 24.1 Å². The highest BCUT2D eigenvalue weighted by Crippen LogP contribution is 2.29. The first-order valence-electron chi connectivity index (χ1n) is 8.04. The Balaban J connectivity index is 3.06. The summed E-state index contributed by atoms with van der Waals surface area (Å²) in [6.45, 7) is 8.45. The smallest absolute Gasteiger partial charge is 0.303 e. The van der Waals surface area contributed by atoms with Gasteiger partial charge >= 0.3 is 5.97 Å². The first-order chi connectivity index (χ1) is 9.92. The molecule has 2 unspecified atom stereocenters. The Morgan fingerprint density at radius 2 is 1.67 bits per heavy atom. The summed E-state index contributed by atoms with van der Waals surface area (Å²) in [4.78, 5) is 10.8. The van der Waals surface area contributed by atoms with E-state index in [9.17, 15) is 4.79 Å². The SMILES string of the molecule is CCc1cc(CC)c(C(N)CC(C)CC(=O)O)c(CC)c1. The Hall–Kier alpha value is -1.35. The molecule has 2 atom stereocenters. The van der Waals surface area contributed by atoms with Crippen molar-refractivity contribution in [2.75, 3.05) is 0 Å². The Morgan fingerprint density at radius 1 is 1.14 bits per heavy atom. The fourth-order valence-electron chi connectivity index (χ4n) is 3.05. The highest BCUT2D eigenvalue weighted by Gasteiger charge is 2.19. The molecule has 0 aliphatic rings. The van der Waals surface area contributed by atoms with Crippen LogP contribution in [-0.4, -0.2) is 11.1 Å². The number of rotatable bonds is 8. The molecule has 0 heterocycles. The van der Waals surface area contributed by atoms with Crippen molar-refractivity contribution in [1.29, 1.82) is 0 Å². The highest BCUT2D eigenvalue weighted by atomic mass is 16.4. The molecular formula is C18H29NO2. The Labute approximate surface area is 128 Å². The second kappa shape index (κ2) is 8.18. The lowest BCUT2D eigenvalue weighted by Crippen LogP contribution is -2.19. The second-order valence-electron chi connectivity index (χ2n) is 5.93. The van der Waals surface area contributed by atoms with E-state index in [-0.39, 0.29) is 18.4 Å². The van der Waals surface area contributed by atoms with Crippen LogP contribution in [0.25, 0.3) is 0 Å². The maximum Gasteiger partial charge on any atom is 0.303 e. The van der Waals surface area contributed by atoms with Crippen molar-refractivity contribution in [2.45, 2.75) is 65.8 Å². The third-order valence-electron chi connectivity index (χ3n) is 4.13. The first kappa shape index (κ1) is 17.7. The quantitative estimate of drug-likeness (QED) is 0.764. The zero-order valence-corrected chi connectivity index (χ0v) is 13.8. The summed E-state index contributed by atoms with van der Waals surface area (Å²) < 4.78 is 0. The fraction of sp³-hybridized carbons (Fsp3) is 0.611. The average Bonchev–Trinajstić information content (AvgIpc) is 2.44. The maximum atomic E-state index is 10.8. The van der Waals surface area contributed by atoms with Crippen LogP contribution in [0.4, 0.5) is 0 Å². The molecule has 3 heteroatoms. The molecule has 0 spiro atoms. The number of nitrogens with two attached hydrogens (primary N) is 1. The molecule has 0 fully saturated rings. The van der Waals surface area contributed by atoms with Crippen LogP contribution in [0.3, 0.4) is 0 Å². The third-order valence-corrected chi connectivity index (χ3v) is 4.13. The summed E-state index contributed by atoms with van der Waals surface area (Å²) in [5.41, 5.74) is 11.7. The van der Waals surface area contributed by atoms with Crippen molar-refractivity contribution in [3.8, 4) is 0 Å². The Kier molecular flexibility index (Phi) is 6.90. The van der Waals surface area contributed by atoms with Gasteiger partial charge in [0.2, 0.25) is 0 Å². The van der Waals surface area contributed by atoms with E-state index < -0.39 is 5.97 Å². The lowest BCUT2D eigenvalue weighted by molar-refractivity contribution is -0.138. The van der Waals surface area contributed by atoms with Crippen molar-refractivity contribution in [1.82, 2.24) is 0 Å². The van der Waals surface area contributed by atoms with Gasteiger partial charge in [0.05, 0.1) is 0 Å². The van der Waals surface area contributed by atoms with Gasteiger partial charge in [-0.15, -0.1) is 0 Å². The van der Waals surface area contributed by atoms with Gasteiger partial charge in [0.1, 0.15) is 0 Å². The molecule has 21 heavy (non-hydrogen) atoms. The fourth-order valence-corrected chi connectivity index (χ4v) is 3.05. The van der Waals surface area contributed by atoms with Crippen molar-refractivity contribution in [3.63, 3.8) is 0 Å². The van der Waals surface area contributed by atoms with E-state index in [4.69, 9.17) is 10.8 Å². The van der Waals surface area contributed by atoms with Crippen LogP contribution in [0, 0.1) is 5.92 Å². The van der Waals surface area contributed by atoms with Gasteiger partial charge in [0.15, 0.2) is 0 Å². The van der Waals surface area contributed by atoms with Gasteiger partial charge in [-0.3, -0.25) is 4.79 Å². The second-order valence-corrected chi connectivity index (χ2v) is 5.93. The van der Waals surface area contributed by atoms with Gasteiger partial charge in [0.25, 0.3) is 0 Å². The molecule has 1 rings (SSSR count). The average molecular weight is 291 g/mol. The molecule has 3 N–H and O–H groups in total. The number of carbonyl (C=O) groups is 1. The van der Waals surface area contributed by atoms with Crippen LogP contribution in [0.2, 0.25) is 0 Å². The molecule has 118 valence electrons. The Morgan fingerprint density at radius 3 is 2.05 bits per heavy atom. The van der Waals surface area contributed by atoms with Gasteiger partial charge in [-0.2, -0.15) is 0 Å². The summed E-state index contributed by atoms with van der Waals surface area (Å²) in [6, 6.07) is 4.45. The summed E-state index contributed by atoms with van der Waals surface area (Å²) >= 11 is 0. The van der Waals surface area contributed by atoms with Gasteiger partial charge < -0.3 is 10.8 Å². The molecule has 0 saturated carbocycles. The molecule has 0 radical (unpaired) electrons. The van der Waals surface area contributed by atoms with Crippen LogP contribution < -0.4 is 5.73 Å². The number of aryl methyl sites for hydroxylation is 3. The minimum Gasteiger partial charge on any atom is -0.481 e. The van der Waals surface area contributed by atoms with E-state index in [2.05, 4.69) is 32.9 Å². The molecule has 0 amide bonds.